The van der Waals surface area contributed by atoms with Crippen LogP contribution in [0.4, 0.5) is 0 Å². The minimum absolute atomic E-state index is 0.0566. The van der Waals surface area contributed by atoms with Gasteiger partial charge in [-0.3, -0.25) is 21.0 Å². The van der Waals surface area contributed by atoms with Gasteiger partial charge in [0.25, 0.3) is 0 Å². The molecule has 0 aromatic carbocycles. The van der Waals surface area contributed by atoms with Crippen LogP contribution >= 0.6 is 0 Å². The summed E-state index contributed by atoms with van der Waals surface area (Å²) >= 11 is 0. The molecule has 8 heterocycles. The zero-order valence-electron chi connectivity index (χ0n) is 26.4. The molecule has 8 unspecified atom stereocenters. The first-order valence-electron chi connectivity index (χ1n) is 17.2. The van der Waals surface area contributed by atoms with Crippen LogP contribution in [0, 0.1) is 17.3 Å². The second-order valence-electron chi connectivity index (χ2n) is 14.8. The molecule has 1 spiro atoms. The molecule has 7 aliphatic heterocycles. The molecule has 43 heavy (non-hydrogen) atoms. The van der Waals surface area contributed by atoms with Crippen LogP contribution in [0.15, 0.2) is 12.1 Å². The number of nitrogens with zero attached hydrogens (tertiary/aromatic N) is 4. The lowest BCUT2D eigenvalue weighted by molar-refractivity contribution is -0.0791. The number of nitrogens with one attached hydrogen (secondary N) is 7. The summed E-state index contributed by atoms with van der Waals surface area (Å²) in [6.45, 7) is 12.0. The fraction of sp³-hybridized carbons (Fsp3) is 0.871. The molecule has 8 rings (SSSR count). The Bertz CT molecular complexity index is 1120. The molecule has 4 bridgehead atoms. The van der Waals surface area contributed by atoms with Crippen molar-refractivity contribution in [2.75, 3.05) is 59.5 Å². The van der Waals surface area contributed by atoms with Crippen molar-refractivity contribution >= 4 is 0 Å². The monoisotopic (exact) mass is 597 g/mol. The minimum Gasteiger partial charge on any atom is -0.361 e. The van der Waals surface area contributed by atoms with Crippen LogP contribution in [-0.2, 0) is 18.3 Å². The zero-order valence-corrected chi connectivity index (χ0v) is 26.4. The topological polar surface area (TPSA) is 108 Å². The van der Waals surface area contributed by atoms with E-state index in [2.05, 4.69) is 90.1 Å². The van der Waals surface area contributed by atoms with E-state index in [0.29, 0.717) is 41.5 Å². The average molecular weight is 598 g/mol. The molecule has 12 nitrogen and oxygen atoms in total. The van der Waals surface area contributed by atoms with Crippen molar-refractivity contribution in [1.29, 1.82) is 0 Å². The van der Waals surface area contributed by atoms with Crippen LogP contribution < -0.4 is 37.4 Å². The Morgan fingerprint density at radius 1 is 0.977 bits per heavy atom. The molecule has 7 saturated heterocycles. The largest absolute Gasteiger partial charge is 0.361 e. The van der Waals surface area contributed by atoms with E-state index < -0.39 is 0 Å². The molecule has 1 aromatic rings. The van der Waals surface area contributed by atoms with Crippen molar-refractivity contribution in [3.8, 4) is 0 Å². The van der Waals surface area contributed by atoms with Gasteiger partial charge < -0.3 is 25.3 Å². The van der Waals surface area contributed by atoms with Gasteiger partial charge in [0.1, 0.15) is 6.23 Å². The van der Waals surface area contributed by atoms with Crippen molar-refractivity contribution in [3.05, 3.63) is 23.5 Å². The molecular formula is C31H55N11O. The summed E-state index contributed by atoms with van der Waals surface area (Å²) < 4.78 is 9.11. The third-order valence-corrected chi connectivity index (χ3v) is 12.2. The Balaban J connectivity index is 0.991. The summed E-state index contributed by atoms with van der Waals surface area (Å²) in [5.74, 6) is 0.867. The highest BCUT2D eigenvalue weighted by Gasteiger charge is 2.49. The molecule has 0 saturated carbocycles. The smallest absolute Gasteiger partial charge is 0.129 e. The fourth-order valence-corrected chi connectivity index (χ4v) is 9.22. The van der Waals surface area contributed by atoms with E-state index in [0.717, 1.165) is 52.0 Å². The van der Waals surface area contributed by atoms with Crippen LogP contribution in [-0.4, -0.2) is 116 Å². The summed E-state index contributed by atoms with van der Waals surface area (Å²) in [6.07, 6.45) is 6.71. The van der Waals surface area contributed by atoms with Crippen LogP contribution in [0.5, 0.6) is 0 Å². The van der Waals surface area contributed by atoms with Gasteiger partial charge in [-0.05, 0) is 76.2 Å². The van der Waals surface area contributed by atoms with Crippen molar-refractivity contribution in [2.45, 2.75) is 88.4 Å². The normalized spacial score (nSPS) is 42.4. The second kappa shape index (κ2) is 11.9. The molecule has 240 valence electrons. The second-order valence-corrected chi connectivity index (χ2v) is 14.8. The summed E-state index contributed by atoms with van der Waals surface area (Å²) in [7, 11) is 4.41. The lowest BCUT2D eigenvalue weighted by Gasteiger charge is -2.48. The van der Waals surface area contributed by atoms with E-state index in [1.807, 2.05) is 0 Å². The number of likely N-dealkylation sites (tertiary alicyclic amines) is 1. The average Bonchev–Trinajstić information content (AvgIpc) is 3.67. The van der Waals surface area contributed by atoms with E-state index >= 15 is 0 Å². The maximum atomic E-state index is 6.61. The summed E-state index contributed by atoms with van der Waals surface area (Å²) in [6, 6.07) is 5.94. The Labute approximate surface area is 257 Å². The van der Waals surface area contributed by atoms with E-state index in [4.69, 9.17) is 4.74 Å². The SMILES string of the molecule is C[C@H]1CCOC2C(CNN2C)C2NCCC(NC3CC4C(CN3)C(c3ccc(CN5CCC6(CC5)CNC6)n3C)NN41)N2. The summed E-state index contributed by atoms with van der Waals surface area (Å²) in [5, 5.41) is 23.8. The summed E-state index contributed by atoms with van der Waals surface area (Å²) in [4.78, 5) is 2.67. The highest BCUT2D eigenvalue weighted by Crippen LogP contribution is 2.40. The highest BCUT2D eigenvalue weighted by molar-refractivity contribution is 5.23. The van der Waals surface area contributed by atoms with Crippen molar-refractivity contribution < 1.29 is 4.74 Å². The van der Waals surface area contributed by atoms with Crippen LogP contribution in [0.2, 0.25) is 0 Å². The first-order chi connectivity index (χ1) is 21.0. The van der Waals surface area contributed by atoms with E-state index in [-0.39, 0.29) is 18.6 Å². The Hall–Kier alpha value is -1.16. The lowest BCUT2D eigenvalue weighted by Crippen LogP contribution is -2.67. The molecular weight excluding hydrogens is 542 g/mol. The molecule has 0 aliphatic carbocycles. The first kappa shape index (κ1) is 29.3. The van der Waals surface area contributed by atoms with Crippen molar-refractivity contribution in [1.82, 2.24) is 56.9 Å². The van der Waals surface area contributed by atoms with Gasteiger partial charge in [-0.1, -0.05) is 0 Å². The highest BCUT2D eigenvalue weighted by atomic mass is 16.5. The van der Waals surface area contributed by atoms with Gasteiger partial charge in [-0.2, -0.15) is 0 Å². The van der Waals surface area contributed by atoms with Gasteiger partial charge in [0.05, 0.1) is 31.1 Å². The predicted octanol–water partition coefficient (Wildman–Crippen LogP) is -0.598. The van der Waals surface area contributed by atoms with E-state index in [1.165, 1.54) is 50.4 Å². The third kappa shape index (κ3) is 5.50. The van der Waals surface area contributed by atoms with Gasteiger partial charge in [0.15, 0.2) is 0 Å². The number of hydrazine groups is 2. The molecule has 0 amide bonds. The maximum Gasteiger partial charge on any atom is 0.129 e. The number of rotatable bonds is 3. The lowest BCUT2D eigenvalue weighted by atomic mass is 9.73. The summed E-state index contributed by atoms with van der Waals surface area (Å²) in [5.41, 5.74) is 11.0. The zero-order chi connectivity index (χ0) is 29.1. The Morgan fingerprint density at radius 3 is 2.65 bits per heavy atom. The Kier molecular flexibility index (Phi) is 8.09. The molecule has 0 radical (unpaired) electrons. The molecule has 1 aromatic heterocycles. The van der Waals surface area contributed by atoms with E-state index in [1.54, 1.807) is 0 Å². The number of hydrogen-bond donors (Lipinski definition) is 7. The van der Waals surface area contributed by atoms with Crippen LogP contribution in [0.25, 0.3) is 0 Å². The maximum absolute atomic E-state index is 6.61. The molecule has 7 fully saturated rings. The minimum atomic E-state index is 0.0566. The number of piperidine rings is 2. The van der Waals surface area contributed by atoms with Crippen molar-refractivity contribution in [3.63, 3.8) is 0 Å². The van der Waals surface area contributed by atoms with Crippen molar-refractivity contribution in [2.24, 2.45) is 24.3 Å². The van der Waals surface area contributed by atoms with Gasteiger partial charge >= 0.3 is 0 Å². The molecule has 7 N–H and O–H groups in total. The van der Waals surface area contributed by atoms with Gasteiger partial charge in [-0.15, -0.1) is 0 Å². The molecule has 7 aliphatic rings. The molecule has 9 atom stereocenters. The number of ether oxygens (including phenoxy) is 1. The van der Waals surface area contributed by atoms with Crippen LogP contribution in [0.1, 0.15) is 56.5 Å². The third-order valence-electron chi connectivity index (χ3n) is 12.2. The quantitative estimate of drug-likeness (QED) is 0.243. The fourth-order valence-electron chi connectivity index (χ4n) is 9.22. The molecule has 12 heteroatoms. The Morgan fingerprint density at radius 2 is 1.84 bits per heavy atom. The predicted molar refractivity (Wildman–Crippen MR) is 166 cm³/mol. The van der Waals surface area contributed by atoms with E-state index in [9.17, 15) is 0 Å². The number of fused-ring (bicyclic) bond motifs is 5. The first-order valence-corrected chi connectivity index (χ1v) is 17.2. The van der Waals surface area contributed by atoms with Gasteiger partial charge in [0.2, 0.25) is 0 Å². The number of aromatic nitrogens is 1. The van der Waals surface area contributed by atoms with Gasteiger partial charge in [0, 0.05) is 82.1 Å². The standard InChI is InChI=1S/C31H55N11O/c1-20-7-13-43-30-23(16-35-40(30)3)29-33-10-6-26(37-29)36-27-14-25-22(15-34-27)28(38-42(20)25)24-5-4-21(39(24)2)17-41-11-8-31(9-12-41)18-32-19-31/h4-5,20,22-23,25-30,32-38H,6-19H2,1-3H3/t20-,22?,23?,25?,26?,27?,28?,29?,30?/m0/s1. The number of hydrogen-bond acceptors (Lipinski definition) is 11. The van der Waals surface area contributed by atoms with Crippen LogP contribution in [0.3, 0.4) is 0 Å². The van der Waals surface area contributed by atoms with Gasteiger partial charge in [-0.25, -0.2) is 15.4 Å².